The minimum Gasteiger partial charge on any atom is -0.450 e. The molecule has 0 atom stereocenters. The summed E-state index contributed by atoms with van der Waals surface area (Å²) in [5, 5.41) is 2.15. The number of alkyl carbamates (subject to hydrolysis) is 1. The number of carbonyl (C=O) groups is 2. The van der Waals surface area contributed by atoms with Crippen LogP contribution in [0.25, 0.3) is 0 Å². The molecule has 1 saturated heterocycles. The van der Waals surface area contributed by atoms with Gasteiger partial charge in [0.25, 0.3) is 5.91 Å². The molecule has 1 aliphatic heterocycles. The second-order valence-corrected chi connectivity index (χ2v) is 7.85. The molecule has 0 aliphatic carbocycles. The van der Waals surface area contributed by atoms with Crippen LogP contribution in [0.5, 0.6) is 0 Å². The summed E-state index contributed by atoms with van der Waals surface area (Å²) in [7, 11) is -3.51. The Balaban J connectivity index is 1.87. The zero-order valence-electron chi connectivity index (χ0n) is 14.4. The van der Waals surface area contributed by atoms with E-state index in [1.807, 2.05) is 6.92 Å². The lowest BCUT2D eigenvalue weighted by atomic mass is 10.2. The van der Waals surface area contributed by atoms with Crippen molar-refractivity contribution in [1.82, 2.24) is 9.62 Å². The molecule has 0 radical (unpaired) electrons. The number of nitrogens with zero attached hydrogens (tertiary/aromatic N) is 1. The van der Waals surface area contributed by atoms with Gasteiger partial charge in [0, 0.05) is 0 Å². The van der Waals surface area contributed by atoms with E-state index in [2.05, 4.69) is 10.1 Å². The normalized spacial score (nSPS) is 16.4. The first kappa shape index (κ1) is 19.4. The van der Waals surface area contributed by atoms with E-state index in [0.717, 1.165) is 10.5 Å². The molecule has 8 nitrogen and oxygen atoms in total. The number of carbonyl (C=O) groups excluding carboxylic acids is 2. The highest BCUT2D eigenvalue weighted by molar-refractivity contribution is 7.89. The fraction of sp³-hybridized carbons (Fsp3) is 0.500. The van der Waals surface area contributed by atoms with Crippen molar-refractivity contribution in [2.24, 2.45) is 0 Å². The number of benzene rings is 1. The van der Waals surface area contributed by atoms with Crippen LogP contribution in [0.15, 0.2) is 29.2 Å². The highest BCUT2D eigenvalue weighted by atomic mass is 32.2. The maximum absolute atomic E-state index is 12.6. The SMILES string of the molecule is CCOC(=O)NC(=O)C[NH+]1CCN(S(=O)(=O)c2ccc(C)cc2)CC1. The van der Waals surface area contributed by atoms with Crippen LogP contribution in [0.1, 0.15) is 12.5 Å². The van der Waals surface area contributed by atoms with Crippen LogP contribution in [0.4, 0.5) is 4.79 Å². The van der Waals surface area contributed by atoms with E-state index in [1.54, 1.807) is 31.2 Å². The molecule has 2 rings (SSSR count). The van der Waals surface area contributed by atoms with E-state index < -0.39 is 22.0 Å². The molecular formula is C16H24N3O5S+. The Bertz CT molecular complexity index is 710. The highest BCUT2D eigenvalue weighted by Crippen LogP contribution is 2.16. The van der Waals surface area contributed by atoms with E-state index >= 15 is 0 Å². The van der Waals surface area contributed by atoms with Crippen molar-refractivity contribution in [2.75, 3.05) is 39.3 Å². The molecule has 0 unspecified atom stereocenters. The third-order valence-electron chi connectivity index (χ3n) is 4.02. The van der Waals surface area contributed by atoms with Gasteiger partial charge in [-0.25, -0.2) is 13.2 Å². The second kappa shape index (κ2) is 8.41. The van der Waals surface area contributed by atoms with E-state index in [-0.39, 0.29) is 18.0 Å². The molecule has 138 valence electrons. The van der Waals surface area contributed by atoms with Crippen LogP contribution in [0.2, 0.25) is 0 Å². The lowest BCUT2D eigenvalue weighted by Crippen LogP contribution is -3.15. The number of piperazine rings is 1. The number of sulfonamides is 1. The monoisotopic (exact) mass is 370 g/mol. The number of rotatable bonds is 5. The lowest BCUT2D eigenvalue weighted by molar-refractivity contribution is -0.895. The molecule has 1 fully saturated rings. The summed E-state index contributed by atoms with van der Waals surface area (Å²) in [4.78, 5) is 24.2. The van der Waals surface area contributed by atoms with Crippen molar-refractivity contribution < 1.29 is 27.6 Å². The zero-order valence-corrected chi connectivity index (χ0v) is 15.3. The number of nitrogens with one attached hydrogen (secondary N) is 2. The minimum absolute atomic E-state index is 0.108. The van der Waals surface area contributed by atoms with Gasteiger partial charge in [-0.15, -0.1) is 0 Å². The van der Waals surface area contributed by atoms with E-state index in [9.17, 15) is 18.0 Å². The summed E-state index contributed by atoms with van der Waals surface area (Å²) < 4.78 is 31.3. The van der Waals surface area contributed by atoms with Crippen LogP contribution in [0, 0.1) is 6.92 Å². The van der Waals surface area contributed by atoms with Crippen LogP contribution in [0.3, 0.4) is 0 Å². The molecule has 0 bridgehead atoms. The van der Waals surface area contributed by atoms with Crippen molar-refractivity contribution >= 4 is 22.0 Å². The van der Waals surface area contributed by atoms with Gasteiger partial charge >= 0.3 is 6.09 Å². The van der Waals surface area contributed by atoms with Crippen molar-refractivity contribution in [2.45, 2.75) is 18.7 Å². The smallest absolute Gasteiger partial charge is 0.414 e. The first-order valence-electron chi connectivity index (χ1n) is 8.20. The zero-order chi connectivity index (χ0) is 18.4. The number of aryl methyl sites for hydroxylation is 1. The summed E-state index contributed by atoms with van der Waals surface area (Å²) in [5.74, 6) is -0.428. The molecule has 25 heavy (non-hydrogen) atoms. The summed E-state index contributed by atoms with van der Waals surface area (Å²) in [6.45, 7) is 5.53. The number of hydrogen-bond acceptors (Lipinski definition) is 5. The largest absolute Gasteiger partial charge is 0.450 e. The van der Waals surface area contributed by atoms with Gasteiger partial charge in [0.15, 0.2) is 6.54 Å². The number of quaternary nitrogens is 1. The van der Waals surface area contributed by atoms with Crippen molar-refractivity contribution in [3.05, 3.63) is 29.8 Å². The number of amides is 2. The molecule has 1 aromatic rings. The summed E-state index contributed by atoms with van der Waals surface area (Å²) in [6, 6.07) is 6.76. The van der Waals surface area contributed by atoms with Crippen LogP contribution >= 0.6 is 0 Å². The van der Waals surface area contributed by atoms with E-state index in [4.69, 9.17) is 0 Å². The molecule has 1 aromatic carbocycles. The topological polar surface area (TPSA) is 97.2 Å². The fourth-order valence-electron chi connectivity index (χ4n) is 2.63. The number of hydrogen-bond donors (Lipinski definition) is 2. The number of ether oxygens (including phenoxy) is 1. The van der Waals surface area contributed by atoms with Gasteiger partial charge in [0.05, 0.1) is 37.7 Å². The molecule has 0 saturated carbocycles. The van der Waals surface area contributed by atoms with Gasteiger partial charge in [0.1, 0.15) is 0 Å². The Kier molecular flexibility index (Phi) is 6.51. The van der Waals surface area contributed by atoms with Crippen LogP contribution < -0.4 is 10.2 Å². The third-order valence-corrected chi connectivity index (χ3v) is 5.93. The van der Waals surface area contributed by atoms with Gasteiger partial charge in [-0.1, -0.05) is 17.7 Å². The van der Waals surface area contributed by atoms with Gasteiger partial charge in [-0.05, 0) is 26.0 Å². The van der Waals surface area contributed by atoms with E-state index in [1.165, 1.54) is 4.31 Å². The molecule has 9 heteroatoms. The first-order chi connectivity index (χ1) is 11.8. The lowest BCUT2D eigenvalue weighted by Gasteiger charge is -2.31. The predicted octanol–water partition coefficient (Wildman–Crippen LogP) is -0.843. The van der Waals surface area contributed by atoms with Crippen molar-refractivity contribution in [3.63, 3.8) is 0 Å². The highest BCUT2D eigenvalue weighted by Gasteiger charge is 2.31. The van der Waals surface area contributed by atoms with Crippen molar-refractivity contribution in [3.8, 4) is 0 Å². The average Bonchev–Trinajstić information content (AvgIpc) is 2.55. The molecule has 1 aliphatic rings. The Morgan fingerprint density at radius 3 is 2.36 bits per heavy atom. The summed E-state index contributed by atoms with van der Waals surface area (Å²) in [5.41, 5.74) is 1.00. The predicted molar refractivity (Wildman–Crippen MR) is 90.7 cm³/mol. The van der Waals surface area contributed by atoms with Crippen LogP contribution in [-0.4, -0.2) is 64.1 Å². The number of imide groups is 1. The minimum atomic E-state index is -3.51. The summed E-state index contributed by atoms with van der Waals surface area (Å²) >= 11 is 0. The molecule has 0 spiro atoms. The van der Waals surface area contributed by atoms with Gasteiger partial charge in [0.2, 0.25) is 10.0 Å². The quantitative estimate of drug-likeness (QED) is 0.704. The van der Waals surface area contributed by atoms with Gasteiger partial charge in [-0.2, -0.15) is 4.31 Å². The maximum Gasteiger partial charge on any atom is 0.414 e. The van der Waals surface area contributed by atoms with Gasteiger partial charge < -0.3 is 9.64 Å². The molecule has 0 aromatic heterocycles. The Morgan fingerprint density at radius 1 is 1.20 bits per heavy atom. The molecule has 2 N–H and O–H groups in total. The Hall–Kier alpha value is -1.97. The average molecular weight is 370 g/mol. The Labute approximate surface area is 147 Å². The Morgan fingerprint density at radius 2 is 1.80 bits per heavy atom. The summed E-state index contributed by atoms with van der Waals surface area (Å²) in [6.07, 6.45) is -0.757. The second-order valence-electron chi connectivity index (χ2n) is 5.91. The van der Waals surface area contributed by atoms with Crippen LogP contribution in [-0.2, 0) is 19.6 Å². The molecule has 1 heterocycles. The van der Waals surface area contributed by atoms with Crippen molar-refractivity contribution in [1.29, 1.82) is 0 Å². The van der Waals surface area contributed by atoms with Gasteiger partial charge in [-0.3, -0.25) is 10.1 Å². The standard InChI is InChI=1S/C16H23N3O5S/c1-3-24-16(21)17-15(20)12-18-8-10-19(11-9-18)25(22,23)14-6-4-13(2)5-7-14/h4-7H,3,8-12H2,1-2H3,(H,17,20,21)/p+1. The molecular weight excluding hydrogens is 346 g/mol. The third kappa shape index (κ3) is 5.25. The van der Waals surface area contributed by atoms with E-state index in [0.29, 0.717) is 26.2 Å². The molecule has 2 amide bonds. The fourth-order valence-corrected chi connectivity index (χ4v) is 4.07. The first-order valence-corrected chi connectivity index (χ1v) is 9.64. The maximum atomic E-state index is 12.6.